The molecule has 0 fully saturated rings. The Morgan fingerprint density at radius 3 is 2.68 bits per heavy atom. The molecule has 1 aliphatic rings. The van der Waals surface area contributed by atoms with E-state index in [1.54, 1.807) is 0 Å². The third kappa shape index (κ3) is 4.48. The van der Waals surface area contributed by atoms with Gasteiger partial charge in [0.2, 0.25) is 0 Å². The third-order valence-electron chi connectivity index (χ3n) is 3.90. The van der Waals surface area contributed by atoms with E-state index in [0.29, 0.717) is 18.6 Å². The summed E-state index contributed by atoms with van der Waals surface area (Å²) in [6, 6.07) is 5.07. The van der Waals surface area contributed by atoms with Crippen LogP contribution in [0.1, 0.15) is 43.7 Å². The number of fused-ring (bicyclic) bond motifs is 1. The summed E-state index contributed by atoms with van der Waals surface area (Å²) in [5.41, 5.74) is 2.65. The zero-order valence-electron chi connectivity index (χ0n) is 12.9. The van der Waals surface area contributed by atoms with Crippen molar-refractivity contribution >= 4 is 11.9 Å². The van der Waals surface area contributed by atoms with Gasteiger partial charge in [-0.3, -0.25) is 4.79 Å². The van der Waals surface area contributed by atoms with Crippen LogP contribution in [-0.2, 0) is 22.4 Å². The number of rotatable bonds is 7. The highest BCUT2D eigenvalue weighted by molar-refractivity contribution is 5.84. The quantitative estimate of drug-likeness (QED) is 0.810. The maximum atomic E-state index is 11.8. The van der Waals surface area contributed by atoms with E-state index in [0.717, 1.165) is 12.8 Å². The second-order valence-electron chi connectivity index (χ2n) is 5.67. The summed E-state index contributed by atoms with van der Waals surface area (Å²) in [6.07, 6.45) is 5.68. The van der Waals surface area contributed by atoms with Gasteiger partial charge in [0, 0.05) is 0 Å². The fourth-order valence-corrected chi connectivity index (χ4v) is 2.73. The average molecular weight is 305 g/mol. The van der Waals surface area contributed by atoms with Gasteiger partial charge in [-0.2, -0.15) is 0 Å². The molecule has 0 bridgehead atoms. The highest BCUT2D eigenvalue weighted by Crippen LogP contribution is 2.25. The second-order valence-corrected chi connectivity index (χ2v) is 5.67. The summed E-state index contributed by atoms with van der Waals surface area (Å²) in [6.45, 7) is 1.72. The van der Waals surface area contributed by atoms with Crippen molar-refractivity contribution in [1.82, 2.24) is 5.32 Å². The Labute approximate surface area is 130 Å². The van der Waals surface area contributed by atoms with Crippen LogP contribution < -0.4 is 10.1 Å². The van der Waals surface area contributed by atoms with Gasteiger partial charge >= 0.3 is 5.97 Å². The van der Waals surface area contributed by atoms with Crippen LogP contribution in [0.15, 0.2) is 18.2 Å². The Kier molecular flexibility index (Phi) is 5.81. The molecule has 2 rings (SSSR count). The molecule has 2 N–H and O–H groups in total. The van der Waals surface area contributed by atoms with Crippen LogP contribution in [0.3, 0.4) is 0 Å². The SMILES string of the molecule is CCCC(NC(=O)COc1ccc2c(c1)CCCC2)C(=O)O. The molecule has 1 amide bonds. The number of amides is 1. The number of nitrogens with one attached hydrogen (secondary N) is 1. The van der Waals surface area contributed by atoms with Crippen LogP contribution in [0.4, 0.5) is 0 Å². The zero-order valence-corrected chi connectivity index (χ0v) is 12.9. The van der Waals surface area contributed by atoms with Crippen LogP contribution >= 0.6 is 0 Å². The zero-order chi connectivity index (χ0) is 15.9. The summed E-state index contributed by atoms with van der Waals surface area (Å²) in [4.78, 5) is 22.8. The molecule has 1 aromatic carbocycles. The molecule has 0 heterocycles. The number of carboxylic acid groups (broad SMARTS) is 1. The van der Waals surface area contributed by atoms with Crippen molar-refractivity contribution in [3.63, 3.8) is 0 Å². The summed E-state index contributed by atoms with van der Waals surface area (Å²) >= 11 is 0. The topological polar surface area (TPSA) is 75.6 Å². The van der Waals surface area contributed by atoms with Crippen molar-refractivity contribution < 1.29 is 19.4 Å². The molecular weight excluding hydrogens is 282 g/mol. The van der Waals surface area contributed by atoms with Gasteiger partial charge in [-0.1, -0.05) is 19.4 Å². The normalized spacial score (nSPS) is 14.8. The van der Waals surface area contributed by atoms with E-state index in [4.69, 9.17) is 9.84 Å². The second kappa shape index (κ2) is 7.82. The maximum Gasteiger partial charge on any atom is 0.326 e. The van der Waals surface area contributed by atoms with Crippen LogP contribution in [-0.4, -0.2) is 29.6 Å². The third-order valence-corrected chi connectivity index (χ3v) is 3.90. The van der Waals surface area contributed by atoms with Crippen molar-refractivity contribution in [1.29, 1.82) is 0 Å². The minimum absolute atomic E-state index is 0.160. The molecule has 120 valence electrons. The fraction of sp³-hybridized carbons (Fsp3) is 0.529. The highest BCUT2D eigenvalue weighted by Gasteiger charge is 2.19. The van der Waals surface area contributed by atoms with Crippen molar-refractivity contribution in [2.45, 2.75) is 51.5 Å². The first-order valence-electron chi connectivity index (χ1n) is 7.87. The van der Waals surface area contributed by atoms with Gasteiger partial charge in [-0.25, -0.2) is 4.79 Å². The molecule has 5 nitrogen and oxygen atoms in total. The minimum atomic E-state index is -1.01. The smallest absolute Gasteiger partial charge is 0.326 e. The molecule has 0 aliphatic heterocycles. The monoisotopic (exact) mass is 305 g/mol. The van der Waals surface area contributed by atoms with Gasteiger partial charge in [0.05, 0.1) is 0 Å². The Hall–Kier alpha value is -2.04. The highest BCUT2D eigenvalue weighted by atomic mass is 16.5. The number of aliphatic carboxylic acids is 1. The molecular formula is C17H23NO4. The summed E-state index contributed by atoms with van der Waals surface area (Å²) in [5, 5.41) is 11.5. The van der Waals surface area contributed by atoms with Crippen molar-refractivity contribution in [2.75, 3.05) is 6.61 Å². The number of aryl methyl sites for hydroxylation is 2. The number of carbonyl (C=O) groups is 2. The van der Waals surface area contributed by atoms with Crippen LogP contribution in [0.2, 0.25) is 0 Å². The molecule has 0 saturated carbocycles. The number of carboxylic acids is 1. The molecule has 0 aromatic heterocycles. The molecule has 0 saturated heterocycles. The first-order chi connectivity index (χ1) is 10.6. The Bertz CT molecular complexity index is 541. The number of benzene rings is 1. The van der Waals surface area contributed by atoms with Gasteiger partial charge < -0.3 is 15.2 Å². The predicted molar refractivity (Wildman–Crippen MR) is 83.1 cm³/mol. The molecule has 0 radical (unpaired) electrons. The molecule has 1 aromatic rings. The van der Waals surface area contributed by atoms with E-state index in [1.165, 1.54) is 24.0 Å². The lowest BCUT2D eigenvalue weighted by Gasteiger charge is -2.17. The lowest BCUT2D eigenvalue weighted by molar-refractivity contribution is -0.142. The van der Waals surface area contributed by atoms with Gasteiger partial charge in [0.15, 0.2) is 6.61 Å². The Morgan fingerprint density at radius 2 is 2.00 bits per heavy atom. The number of carbonyl (C=O) groups excluding carboxylic acids is 1. The first kappa shape index (κ1) is 16.3. The van der Waals surface area contributed by atoms with Crippen LogP contribution in [0, 0.1) is 0 Å². The predicted octanol–water partition coefficient (Wildman–Crippen LogP) is 2.31. The fourth-order valence-electron chi connectivity index (χ4n) is 2.73. The molecule has 1 aliphatic carbocycles. The van der Waals surface area contributed by atoms with E-state index in [-0.39, 0.29) is 6.61 Å². The Morgan fingerprint density at radius 1 is 1.27 bits per heavy atom. The van der Waals surface area contributed by atoms with Crippen molar-refractivity contribution in [3.05, 3.63) is 29.3 Å². The molecule has 22 heavy (non-hydrogen) atoms. The van der Waals surface area contributed by atoms with Gasteiger partial charge in [-0.05, 0) is 55.4 Å². The standard InChI is InChI=1S/C17H23NO4/c1-2-5-15(17(20)21)18-16(19)11-22-14-9-8-12-6-3-4-7-13(12)10-14/h8-10,15H,2-7,11H2,1H3,(H,18,19)(H,20,21). The molecule has 1 unspecified atom stereocenters. The van der Waals surface area contributed by atoms with E-state index in [1.807, 2.05) is 19.1 Å². The van der Waals surface area contributed by atoms with E-state index in [9.17, 15) is 9.59 Å². The van der Waals surface area contributed by atoms with Gasteiger partial charge in [0.25, 0.3) is 5.91 Å². The van der Waals surface area contributed by atoms with E-state index < -0.39 is 17.9 Å². The van der Waals surface area contributed by atoms with Gasteiger partial charge in [-0.15, -0.1) is 0 Å². The van der Waals surface area contributed by atoms with Crippen LogP contribution in [0.25, 0.3) is 0 Å². The number of ether oxygens (including phenoxy) is 1. The van der Waals surface area contributed by atoms with Crippen molar-refractivity contribution in [2.24, 2.45) is 0 Å². The molecule has 5 heteroatoms. The lowest BCUT2D eigenvalue weighted by atomic mass is 9.92. The first-order valence-corrected chi connectivity index (χ1v) is 7.87. The van der Waals surface area contributed by atoms with Crippen molar-refractivity contribution in [3.8, 4) is 5.75 Å². The van der Waals surface area contributed by atoms with Gasteiger partial charge in [0.1, 0.15) is 11.8 Å². The summed E-state index contributed by atoms with van der Waals surface area (Å²) in [7, 11) is 0. The summed E-state index contributed by atoms with van der Waals surface area (Å²) in [5.74, 6) is -0.749. The minimum Gasteiger partial charge on any atom is -0.484 e. The van der Waals surface area contributed by atoms with E-state index in [2.05, 4.69) is 11.4 Å². The average Bonchev–Trinajstić information content (AvgIpc) is 2.52. The maximum absolute atomic E-state index is 11.8. The number of hydrogen-bond acceptors (Lipinski definition) is 3. The van der Waals surface area contributed by atoms with E-state index >= 15 is 0 Å². The molecule has 1 atom stereocenters. The number of hydrogen-bond donors (Lipinski definition) is 2. The molecule has 0 spiro atoms. The lowest BCUT2D eigenvalue weighted by Crippen LogP contribution is -2.42. The summed E-state index contributed by atoms with van der Waals surface area (Å²) < 4.78 is 5.49. The van der Waals surface area contributed by atoms with Crippen LogP contribution in [0.5, 0.6) is 5.75 Å². The Balaban J connectivity index is 1.86. The largest absolute Gasteiger partial charge is 0.484 e.